The van der Waals surface area contributed by atoms with Gasteiger partial charge < -0.3 is 10.6 Å². The average Bonchev–Trinajstić information content (AvgIpc) is 3.20. The quantitative estimate of drug-likeness (QED) is 0.732. The number of rotatable bonds is 5. The Morgan fingerprint density at radius 2 is 1.59 bits per heavy atom. The molecule has 4 rings (SSSR count). The first-order valence-corrected chi connectivity index (χ1v) is 9.71. The molecule has 0 saturated carbocycles. The minimum atomic E-state index is -0.734. The number of hydrogen-bond donors (Lipinski definition) is 1. The number of pyridine rings is 1. The van der Waals surface area contributed by atoms with Gasteiger partial charge in [0.25, 0.3) is 5.91 Å². The molecule has 1 atom stereocenters. The highest BCUT2D eigenvalue weighted by Gasteiger charge is 2.44. The van der Waals surface area contributed by atoms with E-state index in [2.05, 4.69) is 4.98 Å². The van der Waals surface area contributed by atoms with Crippen molar-refractivity contribution in [3.63, 3.8) is 0 Å². The minimum absolute atomic E-state index is 0.0539. The molecule has 3 aromatic rings. The second-order valence-corrected chi connectivity index (χ2v) is 7.60. The van der Waals surface area contributed by atoms with Crippen LogP contribution in [0, 0.1) is 5.41 Å². The molecule has 1 aromatic heterocycles. The Labute approximate surface area is 170 Å². The zero-order valence-electron chi connectivity index (χ0n) is 16.1. The summed E-state index contributed by atoms with van der Waals surface area (Å²) in [6.45, 7) is 0.883. The lowest BCUT2D eigenvalue weighted by Gasteiger charge is -2.26. The Balaban J connectivity index is 1.51. The average molecular weight is 385 g/mol. The smallest absolute Gasteiger partial charge is 0.253 e. The molecule has 1 aliphatic rings. The predicted octanol–water partition coefficient (Wildman–Crippen LogP) is 3.31. The van der Waals surface area contributed by atoms with Gasteiger partial charge in [0.15, 0.2) is 0 Å². The van der Waals surface area contributed by atoms with Crippen LogP contribution in [0.1, 0.15) is 22.3 Å². The van der Waals surface area contributed by atoms with E-state index in [-0.39, 0.29) is 11.8 Å². The topological polar surface area (TPSA) is 76.3 Å². The maximum Gasteiger partial charge on any atom is 0.253 e. The van der Waals surface area contributed by atoms with Gasteiger partial charge in [-0.1, -0.05) is 42.5 Å². The molecule has 0 spiro atoms. The van der Waals surface area contributed by atoms with Crippen LogP contribution in [-0.4, -0.2) is 34.8 Å². The maximum absolute atomic E-state index is 12.8. The fraction of sp³-hybridized carbons (Fsp3) is 0.208. The van der Waals surface area contributed by atoms with Crippen LogP contribution >= 0.6 is 0 Å². The number of carbonyl (C=O) groups excluding carboxylic acids is 2. The summed E-state index contributed by atoms with van der Waals surface area (Å²) in [6, 6.07) is 21.2. The number of carbonyl (C=O) groups is 2. The summed E-state index contributed by atoms with van der Waals surface area (Å²) < 4.78 is 0. The van der Waals surface area contributed by atoms with Crippen molar-refractivity contribution in [2.75, 3.05) is 13.1 Å². The molecule has 5 heteroatoms. The molecule has 1 fully saturated rings. The summed E-state index contributed by atoms with van der Waals surface area (Å²) in [5.41, 5.74) is 8.94. The molecule has 1 saturated heterocycles. The molecule has 146 valence electrons. The van der Waals surface area contributed by atoms with Crippen LogP contribution < -0.4 is 5.73 Å². The Morgan fingerprint density at radius 3 is 2.24 bits per heavy atom. The van der Waals surface area contributed by atoms with Crippen molar-refractivity contribution >= 4 is 11.8 Å². The summed E-state index contributed by atoms with van der Waals surface area (Å²) in [6.07, 6.45) is 4.63. The predicted molar refractivity (Wildman–Crippen MR) is 112 cm³/mol. The highest BCUT2D eigenvalue weighted by Crippen LogP contribution is 2.35. The largest absolute Gasteiger partial charge is 0.369 e. The third-order valence-electron chi connectivity index (χ3n) is 5.69. The second-order valence-electron chi connectivity index (χ2n) is 7.60. The van der Waals surface area contributed by atoms with Gasteiger partial charge in [-0.15, -0.1) is 0 Å². The number of benzene rings is 2. The molecule has 0 bridgehead atoms. The van der Waals surface area contributed by atoms with Crippen molar-refractivity contribution in [3.8, 4) is 11.1 Å². The number of amides is 2. The molecule has 29 heavy (non-hydrogen) atoms. The first kappa shape index (κ1) is 18.9. The number of hydrogen-bond acceptors (Lipinski definition) is 3. The lowest BCUT2D eigenvalue weighted by Crippen LogP contribution is -2.42. The Morgan fingerprint density at radius 1 is 0.931 bits per heavy atom. The van der Waals surface area contributed by atoms with Crippen LogP contribution in [0.25, 0.3) is 11.1 Å². The van der Waals surface area contributed by atoms with Crippen molar-refractivity contribution in [2.45, 2.75) is 12.8 Å². The summed E-state index contributed by atoms with van der Waals surface area (Å²) in [7, 11) is 0. The van der Waals surface area contributed by atoms with Gasteiger partial charge in [0.2, 0.25) is 5.91 Å². The van der Waals surface area contributed by atoms with Gasteiger partial charge in [-0.3, -0.25) is 14.6 Å². The van der Waals surface area contributed by atoms with E-state index in [0.717, 1.165) is 16.7 Å². The van der Waals surface area contributed by atoms with E-state index in [9.17, 15) is 9.59 Å². The Hall–Kier alpha value is -3.47. The van der Waals surface area contributed by atoms with Crippen LogP contribution in [-0.2, 0) is 11.2 Å². The summed E-state index contributed by atoms with van der Waals surface area (Å²) in [5, 5.41) is 0. The molecule has 1 unspecified atom stereocenters. The standard InChI is InChI=1S/C24H23N3O2/c25-23(29)24(12-15-27(17-24)22(28)21-4-2-1-3-5-21)16-18-6-8-19(9-7-18)20-10-13-26-14-11-20/h1-11,13-14H,12,15-17H2,(H2,25,29). The van der Waals surface area contributed by atoms with Crippen molar-refractivity contribution in [2.24, 2.45) is 11.1 Å². The normalized spacial score (nSPS) is 18.6. The monoisotopic (exact) mass is 385 g/mol. The van der Waals surface area contributed by atoms with E-state index < -0.39 is 5.41 Å². The van der Waals surface area contributed by atoms with Crippen molar-refractivity contribution in [1.29, 1.82) is 0 Å². The number of likely N-dealkylation sites (tertiary alicyclic amines) is 1. The van der Waals surface area contributed by atoms with Crippen LogP contribution in [0.3, 0.4) is 0 Å². The Kier molecular flexibility index (Phi) is 5.12. The SMILES string of the molecule is NC(=O)C1(Cc2ccc(-c3ccncc3)cc2)CCN(C(=O)c2ccccc2)C1. The highest BCUT2D eigenvalue weighted by molar-refractivity contribution is 5.95. The van der Waals surface area contributed by atoms with Gasteiger partial charge in [0.05, 0.1) is 5.41 Å². The van der Waals surface area contributed by atoms with Crippen LogP contribution in [0.15, 0.2) is 79.1 Å². The number of aromatic nitrogens is 1. The molecule has 2 heterocycles. The van der Waals surface area contributed by atoms with Gasteiger partial charge in [0, 0.05) is 31.0 Å². The maximum atomic E-state index is 12.8. The van der Waals surface area contributed by atoms with Gasteiger partial charge in [0.1, 0.15) is 0 Å². The van der Waals surface area contributed by atoms with Crippen molar-refractivity contribution < 1.29 is 9.59 Å². The van der Waals surface area contributed by atoms with Gasteiger partial charge in [-0.2, -0.15) is 0 Å². The van der Waals surface area contributed by atoms with Crippen molar-refractivity contribution in [3.05, 3.63) is 90.3 Å². The summed E-state index contributed by atoms with van der Waals surface area (Å²) >= 11 is 0. The lowest BCUT2D eigenvalue weighted by atomic mass is 9.80. The molecule has 5 nitrogen and oxygen atoms in total. The number of nitrogens with two attached hydrogens (primary N) is 1. The first-order chi connectivity index (χ1) is 14.1. The van der Waals surface area contributed by atoms with Crippen molar-refractivity contribution in [1.82, 2.24) is 9.88 Å². The third kappa shape index (κ3) is 3.90. The van der Waals surface area contributed by atoms with Crippen LogP contribution in [0.2, 0.25) is 0 Å². The fourth-order valence-electron chi connectivity index (χ4n) is 3.99. The lowest BCUT2D eigenvalue weighted by molar-refractivity contribution is -0.126. The summed E-state index contributed by atoms with van der Waals surface area (Å²) in [5.74, 6) is -0.402. The third-order valence-corrected chi connectivity index (χ3v) is 5.69. The first-order valence-electron chi connectivity index (χ1n) is 9.71. The highest BCUT2D eigenvalue weighted by atomic mass is 16.2. The second kappa shape index (κ2) is 7.87. The molecule has 2 aromatic carbocycles. The van der Waals surface area contributed by atoms with Gasteiger partial charge in [-0.25, -0.2) is 0 Å². The fourth-order valence-corrected chi connectivity index (χ4v) is 3.99. The molecule has 2 N–H and O–H groups in total. The van der Waals surface area contributed by atoms with E-state index >= 15 is 0 Å². The molecule has 1 aliphatic heterocycles. The Bertz CT molecular complexity index is 1000. The summed E-state index contributed by atoms with van der Waals surface area (Å²) in [4.78, 5) is 31.0. The molecule has 2 amide bonds. The molecule has 0 radical (unpaired) electrons. The number of primary amides is 1. The molecular weight excluding hydrogens is 362 g/mol. The van der Waals surface area contributed by atoms with E-state index in [0.29, 0.717) is 31.5 Å². The van der Waals surface area contributed by atoms with E-state index in [1.54, 1.807) is 29.4 Å². The molecule has 0 aliphatic carbocycles. The van der Waals surface area contributed by atoms with Gasteiger partial charge >= 0.3 is 0 Å². The van der Waals surface area contributed by atoms with Crippen LogP contribution in [0.4, 0.5) is 0 Å². The zero-order valence-corrected chi connectivity index (χ0v) is 16.1. The number of nitrogens with zero attached hydrogens (tertiary/aromatic N) is 2. The van der Waals surface area contributed by atoms with Crippen LogP contribution in [0.5, 0.6) is 0 Å². The molecular formula is C24H23N3O2. The van der Waals surface area contributed by atoms with E-state index in [1.165, 1.54) is 0 Å². The van der Waals surface area contributed by atoms with E-state index in [1.807, 2.05) is 54.6 Å². The van der Waals surface area contributed by atoms with Gasteiger partial charge in [-0.05, 0) is 53.8 Å². The van der Waals surface area contributed by atoms with E-state index in [4.69, 9.17) is 5.73 Å². The zero-order chi connectivity index (χ0) is 20.3. The minimum Gasteiger partial charge on any atom is -0.369 e.